The number of hydrogen-bond donors (Lipinski definition) is 0. The van der Waals surface area contributed by atoms with Gasteiger partial charge in [0.1, 0.15) is 33.6 Å². The van der Waals surface area contributed by atoms with Crippen LogP contribution in [0, 0.1) is 25.5 Å². The molecule has 0 N–H and O–H groups in total. The van der Waals surface area contributed by atoms with Gasteiger partial charge in [-0.15, -0.1) is 0 Å². The van der Waals surface area contributed by atoms with E-state index in [1.807, 2.05) is 0 Å². The van der Waals surface area contributed by atoms with E-state index in [0.717, 1.165) is 12.1 Å². The Morgan fingerprint density at radius 3 is 2.74 bits per heavy atom. The molecule has 4 nitrogen and oxygen atoms in total. The van der Waals surface area contributed by atoms with E-state index in [9.17, 15) is 13.6 Å². The first-order valence-electron chi connectivity index (χ1n) is 8.70. The number of aromatic nitrogens is 2. The fraction of sp³-hybridized carbons (Fsp3) is 0.158. The standard InChI is InChI=1S/C19H14BrClF2N2O2/c1-10-8-24-17(20)7-15(10)25-11(2)5-16(18(21)19(25)26)27-9-12-3-4-13(22)6-14(12)23/h3-8H,9H2,1-2H3/i9D2. The van der Waals surface area contributed by atoms with Gasteiger partial charge in [-0.05, 0) is 53.5 Å². The van der Waals surface area contributed by atoms with Crippen molar-refractivity contribution in [3.05, 3.63) is 85.0 Å². The monoisotopic (exact) mass is 456 g/mol. The van der Waals surface area contributed by atoms with Crippen LogP contribution in [-0.4, -0.2) is 9.55 Å². The lowest BCUT2D eigenvalue weighted by molar-refractivity contribution is 0.298. The highest BCUT2D eigenvalue weighted by molar-refractivity contribution is 9.10. The third-order valence-electron chi connectivity index (χ3n) is 3.78. The largest absolute Gasteiger partial charge is 0.487 e. The Morgan fingerprint density at radius 2 is 2.04 bits per heavy atom. The molecule has 27 heavy (non-hydrogen) atoms. The Balaban J connectivity index is 2.09. The average molecular weight is 458 g/mol. The van der Waals surface area contributed by atoms with Crippen molar-refractivity contribution in [1.29, 1.82) is 0 Å². The molecule has 0 aliphatic rings. The molecule has 0 saturated carbocycles. The number of benzene rings is 1. The molecule has 0 unspecified atom stereocenters. The SMILES string of the molecule is [2H]C([2H])(Oc1cc(C)n(-c2cc(Br)ncc2C)c(=O)c1Cl)c1ccc(F)cc1F. The molecular weight excluding hydrogens is 442 g/mol. The van der Waals surface area contributed by atoms with Crippen LogP contribution in [-0.2, 0) is 6.56 Å². The summed E-state index contributed by atoms with van der Waals surface area (Å²) in [5.41, 5.74) is 0.497. The van der Waals surface area contributed by atoms with Crippen molar-refractivity contribution < 1.29 is 16.3 Å². The molecule has 2 aromatic heterocycles. The Morgan fingerprint density at radius 1 is 1.30 bits per heavy atom. The summed E-state index contributed by atoms with van der Waals surface area (Å²) in [5, 5.41) is -0.380. The van der Waals surface area contributed by atoms with Crippen molar-refractivity contribution in [3.63, 3.8) is 0 Å². The first-order valence-corrected chi connectivity index (χ1v) is 8.87. The maximum atomic E-state index is 14.0. The lowest BCUT2D eigenvalue weighted by Crippen LogP contribution is -2.22. The molecule has 0 fully saturated rings. The van der Waals surface area contributed by atoms with Gasteiger partial charge in [0.05, 0.1) is 8.43 Å². The molecule has 3 aromatic rings. The fourth-order valence-electron chi connectivity index (χ4n) is 2.47. The summed E-state index contributed by atoms with van der Waals surface area (Å²) in [4.78, 5) is 17.0. The Hall–Kier alpha value is -2.25. The number of nitrogens with zero attached hydrogens (tertiary/aromatic N) is 2. The number of halogens is 4. The maximum Gasteiger partial charge on any atom is 0.277 e. The molecule has 8 heteroatoms. The molecule has 0 aliphatic heterocycles. The molecule has 2 heterocycles. The van der Waals surface area contributed by atoms with Crippen LogP contribution in [0.5, 0.6) is 5.75 Å². The van der Waals surface area contributed by atoms with Crippen LogP contribution in [0.1, 0.15) is 19.6 Å². The van der Waals surface area contributed by atoms with Crippen LogP contribution in [0.15, 0.2) is 45.9 Å². The summed E-state index contributed by atoms with van der Waals surface area (Å²) in [7, 11) is 0. The number of hydrogen-bond acceptors (Lipinski definition) is 3. The van der Waals surface area contributed by atoms with Gasteiger partial charge in [-0.1, -0.05) is 11.6 Å². The lowest BCUT2D eigenvalue weighted by atomic mass is 10.2. The summed E-state index contributed by atoms with van der Waals surface area (Å²) in [6, 6.07) is 5.41. The number of pyridine rings is 2. The highest BCUT2D eigenvalue weighted by Crippen LogP contribution is 2.26. The van der Waals surface area contributed by atoms with E-state index in [1.54, 1.807) is 26.1 Å². The van der Waals surface area contributed by atoms with Crippen LogP contribution in [0.2, 0.25) is 5.02 Å². The van der Waals surface area contributed by atoms with E-state index in [1.165, 1.54) is 10.6 Å². The zero-order valence-electron chi connectivity index (χ0n) is 16.2. The molecule has 0 spiro atoms. The lowest BCUT2D eigenvalue weighted by Gasteiger charge is -2.16. The molecule has 0 saturated heterocycles. The summed E-state index contributed by atoms with van der Waals surface area (Å²) in [5.74, 6) is -2.23. The van der Waals surface area contributed by atoms with Gasteiger partial charge >= 0.3 is 0 Å². The zero-order chi connectivity index (χ0) is 21.5. The average Bonchev–Trinajstić information content (AvgIpc) is 2.62. The van der Waals surface area contributed by atoms with Gasteiger partial charge in [0, 0.05) is 29.6 Å². The highest BCUT2D eigenvalue weighted by Gasteiger charge is 2.16. The number of rotatable bonds is 4. The second kappa shape index (κ2) is 7.78. The van der Waals surface area contributed by atoms with Crippen LogP contribution >= 0.6 is 27.5 Å². The Labute approximate surface area is 170 Å². The number of aryl methyl sites for hydroxylation is 2. The second-order valence-electron chi connectivity index (χ2n) is 5.73. The van der Waals surface area contributed by atoms with Crippen molar-refractivity contribution in [2.45, 2.75) is 20.4 Å². The maximum absolute atomic E-state index is 14.0. The molecule has 0 amide bonds. The minimum absolute atomic E-state index is 0.259. The van der Waals surface area contributed by atoms with E-state index < -0.39 is 29.3 Å². The molecule has 3 rings (SSSR count). The van der Waals surface area contributed by atoms with Gasteiger partial charge in [-0.2, -0.15) is 0 Å². The van der Waals surface area contributed by atoms with Crippen LogP contribution < -0.4 is 10.3 Å². The third-order valence-corrected chi connectivity index (χ3v) is 4.57. The Bertz CT molecular complexity index is 1170. The molecule has 140 valence electrons. The van der Waals surface area contributed by atoms with Crippen molar-refractivity contribution in [2.24, 2.45) is 0 Å². The van der Waals surface area contributed by atoms with E-state index in [-0.39, 0.29) is 10.8 Å². The van der Waals surface area contributed by atoms with Gasteiger partial charge in [-0.25, -0.2) is 13.8 Å². The van der Waals surface area contributed by atoms with Crippen molar-refractivity contribution in [3.8, 4) is 11.4 Å². The molecule has 0 bridgehead atoms. The molecule has 0 radical (unpaired) electrons. The summed E-state index contributed by atoms with van der Waals surface area (Å²) in [6.07, 6.45) is 1.58. The second-order valence-corrected chi connectivity index (χ2v) is 6.92. The minimum Gasteiger partial charge on any atom is -0.487 e. The fourth-order valence-corrected chi connectivity index (χ4v) is 2.96. The molecule has 1 aromatic carbocycles. The summed E-state index contributed by atoms with van der Waals surface area (Å²) in [6.45, 7) is 0.698. The topological polar surface area (TPSA) is 44.1 Å². The van der Waals surface area contributed by atoms with E-state index in [4.69, 9.17) is 19.1 Å². The summed E-state index contributed by atoms with van der Waals surface area (Å²) < 4.78 is 50.3. The first-order chi connectivity index (χ1) is 13.5. The zero-order valence-corrected chi connectivity index (χ0v) is 16.5. The van der Waals surface area contributed by atoms with Crippen LogP contribution in [0.4, 0.5) is 8.78 Å². The molecular formula is C19H14BrClF2N2O2. The predicted octanol–water partition coefficient (Wildman–Crippen LogP) is 5.12. The van der Waals surface area contributed by atoms with Crippen LogP contribution in [0.25, 0.3) is 5.69 Å². The molecule has 0 aliphatic carbocycles. The highest BCUT2D eigenvalue weighted by atomic mass is 79.9. The Kier molecular flexibility index (Phi) is 4.87. The normalized spacial score (nSPS) is 12.5. The summed E-state index contributed by atoms with van der Waals surface area (Å²) >= 11 is 9.42. The molecule has 0 atom stereocenters. The van der Waals surface area contributed by atoms with E-state index >= 15 is 0 Å². The predicted molar refractivity (Wildman–Crippen MR) is 103 cm³/mol. The van der Waals surface area contributed by atoms with Gasteiger partial charge in [0.25, 0.3) is 5.56 Å². The van der Waals surface area contributed by atoms with E-state index in [0.29, 0.717) is 27.6 Å². The number of ether oxygens (including phenoxy) is 1. The van der Waals surface area contributed by atoms with Crippen molar-refractivity contribution >= 4 is 27.5 Å². The van der Waals surface area contributed by atoms with Gasteiger partial charge in [0.15, 0.2) is 0 Å². The van der Waals surface area contributed by atoms with Gasteiger partial charge < -0.3 is 4.74 Å². The first kappa shape index (κ1) is 16.9. The van der Waals surface area contributed by atoms with E-state index in [2.05, 4.69) is 20.9 Å². The van der Waals surface area contributed by atoms with Gasteiger partial charge in [-0.3, -0.25) is 9.36 Å². The van der Waals surface area contributed by atoms with Crippen molar-refractivity contribution in [2.75, 3.05) is 0 Å². The smallest absolute Gasteiger partial charge is 0.277 e. The van der Waals surface area contributed by atoms with Crippen LogP contribution in [0.3, 0.4) is 0 Å². The van der Waals surface area contributed by atoms with Crippen molar-refractivity contribution in [1.82, 2.24) is 9.55 Å². The van der Waals surface area contributed by atoms with Gasteiger partial charge in [0.2, 0.25) is 0 Å². The quantitative estimate of drug-likeness (QED) is 0.511. The minimum atomic E-state index is -2.69. The third kappa shape index (κ3) is 4.04.